The van der Waals surface area contributed by atoms with E-state index >= 15 is 0 Å². The second kappa shape index (κ2) is 5.02. The van der Waals surface area contributed by atoms with Gasteiger partial charge in [-0.2, -0.15) is 0 Å². The fourth-order valence-corrected chi connectivity index (χ4v) is 1.64. The fourth-order valence-electron chi connectivity index (χ4n) is 1.64. The van der Waals surface area contributed by atoms with Crippen molar-refractivity contribution in [2.24, 2.45) is 11.8 Å². The quantitative estimate of drug-likeness (QED) is 0.581. The first-order chi connectivity index (χ1) is 5.79. The predicted octanol–water partition coefficient (Wildman–Crippen LogP) is 3.06. The van der Waals surface area contributed by atoms with E-state index in [9.17, 15) is 0 Å². The molecular weight excluding hydrogens is 146 g/mol. The van der Waals surface area contributed by atoms with Crippen molar-refractivity contribution in [3.63, 3.8) is 0 Å². The van der Waals surface area contributed by atoms with Crippen LogP contribution in [0.15, 0.2) is 24.6 Å². The topological polar surface area (TPSA) is 12.0 Å². The summed E-state index contributed by atoms with van der Waals surface area (Å²) in [7, 11) is 0. The van der Waals surface area contributed by atoms with E-state index in [1.165, 1.54) is 19.3 Å². The number of rotatable bonds is 0. The van der Waals surface area contributed by atoms with Gasteiger partial charge in [-0.15, -0.1) is 0 Å². The predicted molar refractivity (Wildman–Crippen MR) is 53.6 cm³/mol. The summed E-state index contributed by atoms with van der Waals surface area (Å²) in [4.78, 5) is 0. The zero-order valence-electron chi connectivity index (χ0n) is 8.09. The Morgan fingerprint density at radius 1 is 1.25 bits per heavy atom. The van der Waals surface area contributed by atoms with Crippen molar-refractivity contribution in [3.8, 4) is 0 Å². The fraction of sp³-hybridized carbons (Fsp3) is 0.636. The summed E-state index contributed by atoms with van der Waals surface area (Å²) < 4.78 is 0. The van der Waals surface area contributed by atoms with Gasteiger partial charge in [0.2, 0.25) is 0 Å². The Balaban J connectivity index is 2.46. The molecule has 12 heavy (non-hydrogen) atoms. The maximum atomic E-state index is 3.14. The molecule has 1 rings (SSSR count). The van der Waals surface area contributed by atoms with Crippen molar-refractivity contribution in [1.29, 1.82) is 0 Å². The zero-order chi connectivity index (χ0) is 8.81. The van der Waals surface area contributed by atoms with Crippen LogP contribution in [-0.4, -0.2) is 0 Å². The number of allylic oxidation sites excluding steroid dienone is 2. The lowest BCUT2D eigenvalue weighted by molar-refractivity contribution is 0.440. The Morgan fingerprint density at radius 3 is 2.92 bits per heavy atom. The second-order valence-electron chi connectivity index (χ2n) is 3.82. The summed E-state index contributed by atoms with van der Waals surface area (Å²) in [5.74, 6) is 1.56. The standard InChI is InChI=1S/C11H19N/c1-10-5-3-4-7-12-8-6-11(2)9-10/h4,6-8,10-12H,3,5,9H2,1-2H3/b7-4?,8-6-/t10-,11?/m0/s1. The lowest BCUT2D eigenvalue weighted by atomic mass is 9.93. The Kier molecular flexibility index (Phi) is 3.92. The largest absolute Gasteiger partial charge is 0.368 e. The second-order valence-corrected chi connectivity index (χ2v) is 3.82. The van der Waals surface area contributed by atoms with Crippen molar-refractivity contribution >= 4 is 0 Å². The SMILES string of the molecule is CC1/C=C\NC=CCC[C@H](C)C1. The van der Waals surface area contributed by atoms with Gasteiger partial charge in [0.1, 0.15) is 0 Å². The summed E-state index contributed by atoms with van der Waals surface area (Å²) in [5.41, 5.74) is 0. The van der Waals surface area contributed by atoms with Crippen LogP contribution in [0.2, 0.25) is 0 Å². The Labute approximate surface area is 75.6 Å². The van der Waals surface area contributed by atoms with Crippen molar-refractivity contribution in [2.45, 2.75) is 33.1 Å². The maximum absolute atomic E-state index is 3.14. The van der Waals surface area contributed by atoms with E-state index in [2.05, 4.69) is 31.3 Å². The lowest BCUT2D eigenvalue weighted by Crippen LogP contribution is -2.04. The molecule has 68 valence electrons. The molecule has 0 aromatic rings. The van der Waals surface area contributed by atoms with E-state index in [1.54, 1.807) is 0 Å². The smallest absolute Gasteiger partial charge is 0.00331 e. The van der Waals surface area contributed by atoms with Gasteiger partial charge in [-0.3, -0.25) is 0 Å². The van der Waals surface area contributed by atoms with Crippen LogP contribution in [-0.2, 0) is 0 Å². The van der Waals surface area contributed by atoms with Gasteiger partial charge in [-0.25, -0.2) is 0 Å². The molecule has 2 atom stereocenters. The van der Waals surface area contributed by atoms with Crippen LogP contribution in [0.3, 0.4) is 0 Å². The highest BCUT2D eigenvalue weighted by Crippen LogP contribution is 2.18. The number of nitrogens with one attached hydrogen (secondary N) is 1. The van der Waals surface area contributed by atoms with Crippen LogP contribution in [0.1, 0.15) is 33.1 Å². The van der Waals surface area contributed by atoms with Crippen LogP contribution >= 0.6 is 0 Å². The molecule has 1 nitrogen and oxygen atoms in total. The number of hydrogen-bond acceptors (Lipinski definition) is 1. The highest BCUT2D eigenvalue weighted by Gasteiger charge is 2.05. The van der Waals surface area contributed by atoms with Gasteiger partial charge in [0.25, 0.3) is 0 Å². The molecule has 0 spiro atoms. The molecule has 0 amide bonds. The minimum Gasteiger partial charge on any atom is -0.368 e. The van der Waals surface area contributed by atoms with Gasteiger partial charge in [-0.05, 0) is 43.5 Å². The van der Waals surface area contributed by atoms with Crippen molar-refractivity contribution < 1.29 is 0 Å². The van der Waals surface area contributed by atoms with E-state index < -0.39 is 0 Å². The van der Waals surface area contributed by atoms with Crippen LogP contribution in [0, 0.1) is 11.8 Å². The summed E-state index contributed by atoms with van der Waals surface area (Å²) in [5, 5.41) is 3.14. The molecule has 0 saturated carbocycles. The zero-order valence-corrected chi connectivity index (χ0v) is 8.09. The first kappa shape index (κ1) is 9.37. The van der Waals surface area contributed by atoms with E-state index in [4.69, 9.17) is 0 Å². The van der Waals surface area contributed by atoms with Gasteiger partial charge in [0, 0.05) is 0 Å². The highest BCUT2D eigenvalue weighted by molar-refractivity contribution is 4.92. The van der Waals surface area contributed by atoms with E-state index in [1.807, 2.05) is 12.4 Å². The summed E-state index contributed by atoms with van der Waals surface area (Å²) in [6.45, 7) is 4.62. The normalized spacial score (nSPS) is 33.8. The summed E-state index contributed by atoms with van der Waals surface area (Å²) >= 11 is 0. The van der Waals surface area contributed by atoms with Crippen LogP contribution < -0.4 is 5.32 Å². The van der Waals surface area contributed by atoms with Crippen LogP contribution in [0.5, 0.6) is 0 Å². The average Bonchev–Trinajstić information content (AvgIpc) is 2.02. The van der Waals surface area contributed by atoms with Crippen LogP contribution in [0.4, 0.5) is 0 Å². The first-order valence-corrected chi connectivity index (χ1v) is 4.87. The Hall–Kier alpha value is -0.720. The molecule has 1 aliphatic heterocycles. The van der Waals surface area contributed by atoms with Crippen LogP contribution in [0.25, 0.3) is 0 Å². The Bertz CT molecular complexity index is 170. The first-order valence-electron chi connectivity index (χ1n) is 4.87. The molecule has 1 aliphatic rings. The molecule has 0 fully saturated rings. The van der Waals surface area contributed by atoms with Gasteiger partial charge in [-0.1, -0.05) is 26.0 Å². The third-order valence-electron chi connectivity index (χ3n) is 2.34. The molecule has 1 unspecified atom stereocenters. The molecule has 1 heteroatoms. The molecule has 0 aliphatic carbocycles. The van der Waals surface area contributed by atoms with Crippen molar-refractivity contribution in [3.05, 3.63) is 24.6 Å². The third-order valence-corrected chi connectivity index (χ3v) is 2.34. The van der Waals surface area contributed by atoms with Gasteiger partial charge < -0.3 is 5.32 Å². The van der Waals surface area contributed by atoms with E-state index in [-0.39, 0.29) is 0 Å². The molecule has 0 aromatic carbocycles. The summed E-state index contributed by atoms with van der Waals surface area (Å²) in [6, 6.07) is 0. The van der Waals surface area contributed by atoms with Crippen molar-refractivity contribution in [2.75, 3.05) is 0 Å². The molecular formula is C11H19N. The van der Waals surface area contributed by atoms with Gasteiger partial charge >= 0.3 is 0 Å². The molecule has 0 bridgehead atoms. The molecule has 0 aromatic heterocycles. The monoisotopic (exact) mass is 165 g/mol. The van der Waals surface area contributed by atoms with Gasteiger partial charge in [0.15, 0.2) is 0 Å². The van der Waals surface area contributed by atoms with E-state index in [0.717, 1.165) is 5.92 Å². The minimum atomic E-state index is 0.707. The third kappa shape index (κ3) is 3.61. The summed E-state index contributed by atoms with van der Waals surface area (Å²) in [6.07, 6.45) is 12.3. The number of hydrogen-bond donors (Lipinski definition) is 1. The maximum Gasteiger partial charge on any atom is -0.00331 e. The van der Waals surface area contributed by atoms with Gasteiger partial charge in [0.05, 0.1) is 0 Å². The molecule has 1 heterocycles. The van der Waals surface area contributed by atoms with Crippen molar-refractivity contribution in [1.82, 2.24) is 5.32 Å². The minimum absolute atomic E-state index is 0.707. The van der Waals surface area contributed by atoms with E-state index in [0.29, 0.717) is 5.92 Å². The highest BCUT2D eigenvalue weighted by atomic mass is 14.8. The molecule has 0 radical (unpaired) electrons. The lowest BCUT2D eigenvalue weighted by Gasteiger charge is -2.14. The average molecular weight is 165 g/mol. The molecule has 0 saturated heterocycles. The molecule has 1 N–H and O–H groups in total. The Morgan fingerprint density at radius 2 is 2.08 bits per heavy atom.